The van der Waals surface area contributed by atoms with Crippen LogP contribution in [0, 0.1) is 0 Å². The van der Waals surface area contributed by atoms with E-state index in [4.69, 9.17) is 9.47 Å². The second kappa shape index (κ2) is 6.04. The Morgan fingerprint density at radius 2 is 2.12 bits per heavy atom. The van der Waals surface area contributed by atoms with Crippen molar-refractivity contribution in [3.8, 4) is 0 Å². The lowest BCUT2D eigenvalue weighted by molar-refractivity contribution is -0.148. The van der Waals surface area contributed by atoms with Crippen LogP contribution in [0.5, 0.6) is 0 Å². The third-order valence-corrected chi connectivity index (χ3v) is 3.12. The van der Waals surface area contributed by atoms with Crippen LogP contribution in [0.15, 0.2) is 11.0 Å². The standard InChI is InChI=1S/C10H14O6S/c1-3-15-9(14)7-4-6(12)8(13)10(17-7)16-5(2)11/h4,6,8,10,12-13H,3H2,1-2H3/t6-,8-,10-/m1/s1. The lowest BCUT2D eigenvalue weighted by Crippen LogP contribution is -2.40. The highest BCUT2D eigenvalue weighted by Gasteiger charge is 2.36. The molecule has 0 aromatic carbocycles. The van der Waals surface area contributed by atoms with Crippen LogP contribution in [0.25, 0.3) is 0 Å². The zero-order chi connectivity index (χ0) is 13.0. The normalized spacial score (nSPS) is 28.2. The Hall–Kier alpha value is -1.05. The first-order valence-electron chi connectivity index (χ1n) is 5.04. The largest absolute Gasteiger partial charge is 0.462 e. The molecule has 0 aromatic heterocycles. The van der Waals surface area contributed by atoms with Crippen LogP contribution in [0.2, 0.25) is 0 Å². The van der Waals surface area contributed by atoms with E-state index in [0.717, 1.165) is 11.8 Å². The van der Waals surface area contributed by atoms with Gasteiger partial charge in [-0.2, -0.15) is 0 Å². The second-order valence-corrected chi connectivity index (χ2v) is 4.47. The third kappa shape index (κ3) is 3.72. The molecule has 96 valence electrons. The van der Waals surface area contributed by atoms with Gasteiger partial charge in [-0.15, -0.1) is 0 Å². The first-order chi connectivity index (χ1) is 7.95. The molecule has 1 aliphatic heterocycles. The van der Waals surface area contributed by atoms with Gasteiger partial charge in [0.1, 0.15) is 12.2 Å². The fourth-order valence-corrected chi connectivity index (χ4v) is 2.33. The maximum atomic E-state index is 11.4. The molecule has 0 aromatic rings. The number of hydrogen-bond donors (Lipinski definition) is 2. The van der Waals surface area contributed by atoms with Crippen molar-refractivity contribution in [3.63, 3.8) is 0 Å². The molecule has 0 unspecified atom stereocenters. The van der Waals surface area contributed by atoms with E-state index in [0.29, 0.717) is 0 Å². The zero-order valence-electron chi connectivity index (χ0n) is 9.45. The summed E-state index contributed by atoms with van der Waals surface area (Å²) in [7, 11) is 0. The minimum Gasteiger partial charge on any atom is -0.462 e. The third-order valence-electron chi connectivity index (χ3n) is 1.95. The summed E-state index contributed by atoms with van der Waals surface area (Å²) in [6.07, 6.45) is -1.34. The van der Waals surface area contributed by atoms with E-state index in [1.165, 1.54) is 13.0 Å². The lowest BCUT2D eigenvalue weighted by Gasteiger charge is -2.29. The Labute approximate surface area is 103 Å². The van der Waals surface area contributed by atoms with Crippen molar-refractivity contribution in [2.75, 3.05) is 6.61 Å². The second-order valence-electron chi connectivity index (χ2n) is 3.33. The van der Waals surface area contributed by atoms with E-state index >= 15 is 0 Å². The van der Waals surface area contributed by atoms with Gasteiger partial charge in [0, 0.05) is 6.92 Å². The smallest absolute Gasteiger partial charge is 0.344 e. The van der Waals surface area contributed by atoms with Crippen molar-refractivity contribution in [2.24, 2.45) is 0 Å². The lowest BCUT2D eigenvalue weighted by atomic mass is 10.2. The van der Waals surface area contributed by atoms with Crippen LogP contribution < -0.4 is 0 Å². The van der Waals surface area contributed by atoms with Gasteiger partial charge in [0.05, 0.1) is 11.5 Å². The fourth-order valence-electron chi connectivity index (χ4n) is 1.22. The van der Waals surface area contributed by atoms with Crippen LogP contribution in [0.1, 0.15) is 13.8 Å². The molecule has 0 spiro atoms. The quantitative estimate of drug-likeness (QED) is 0.680. The van der Waals surface area contributed by atoms with Crippen molar-refractivity contribution in [1.29, 1.82) is 0 Å². The molecule has 2 N–H and O–H groups in total. The molecule has 7 heteroatoms. The molecule has 1 aliphatic rings. The molecule has 1 heterocycles. The summed E-state index contributed by atoms with van der Waals surface area (Å²) in [5.74, 6) is -1.21. The van der Waals surface area contributed by atoms with Crippen LogP contribution in [-0.4, -0.2) is 46.4 Å². The van der Waals surface area contributed by atoms with Crippen molar-refractivity contribution in [1.82, 2.24) is 0 Å². The van der Waals surface area contributed by atoms with Crippen molar-refractivity contribution < 1.29 is 29.3 Å². The minimum atomic E-state index is -1.26. The maximum Gasteiger partial charge on any atom is 0.344 e. The van der Waals surface area contributed by atoms with E-state index in [1.807, 2.05) is 0 Å². The predicted molar refractivity (Wildman–Crippen MR) is 59.9 cm³/mol. The van der Waals surface area contributed by atoms with Crippen LogP contribution in [0.4, 0.5) is 0 Å². The molecule has 0 amide bonds. The molecule has 1 rings (SSSR count). The van der Waals surface area contributed by atoms with E-state index in [1.54, 1.807) is 6.92 Å². The van der Waals surface area contributed by atoms with Gasteiger partial charge in [-0.1, -0.05) is 11.8 Å². The monoisotopic (exact) mass is 262 g/mol. The molecular formula is C10H14O6S. The maximum absolute atomic E-state index is 11.4. The highest BCUT2D eigenvalue weighted by atomic mass is 32.2. The molecule has 17 heavy (non-hydrogen) atoms. The minimum absolute atomic E-state index is 0.121. The van der Waals surface area contributed by atoms with E-state index in [-0.39, 0.29) is 11.5 Å². The number of aliphatic hydroxyl groups is 2. The fraction of sp³-hybridized carbons (Fsp3) is 0.600. The number of aliphatic hydroxyl groups excluding tert-OH is 2. The molecule has 0 saturated heterocycles. The Morgan fingerprint density at radius 1 is 1.47 bits per heavy atom. The summed E-state index contributed by atoms with van der Waals surface area (Å²) in [6, 6.07) is 0. The van der Waals surface area contributed by atoms with E-state index in [9.17, 15) is 19.8 Å². The number of hydrogen-bond acceptors (Lipinski definition) is 7. The van der Waals surface area contributed by atoms with Crippen LogP contribution >= 0.6 is 11.8 Å². The highest BCUT2D eigenvalue weighted by molar-refractivity contribution is 8.04. The predicted octanol–water partition coefficient (Wildman–Crippen LogP) is -0.209. The number of ether oxygens (including phenoxy) is 2. The highest BCUT2D eigenvalue weighted by Crippen LogP contribution is 2.33. The van der Waals surface area contributed by atoms with Gasteiger partial charge in [0.15, 0.2) is 5.44 Å². The molecule has 0 radical (unpaired) electrons. The van der Waals surface area contributed by atoms with Gasteiger partial charge in [0.25, 0.3) is 0 Å². The number of carbonyl (C=O) groups excluding carboxylic acids is 2. The molecule has 0 bridgehead atoms. The Balaban J connectivity index is 2.78. The summed E-state index contributed by atoms with van der Waals surface area (Å²) in [6.45, 7) is 3.04. The number of esters is 2. The summed E-state index contributed by atoms with van der Waals surface area (Å²) >= 11 is 0.853. The molecule has 0 saturated carbocycles. The Morgan fingerprint density at radius 3 is 2.65 bits per heavy atom. The first-order valence-corrected chi connectivity index (χ1v) is 5.92. The number of carbonyl (C=O) groups is 2. The van der Waals surface area contributed by atoms with Gasteiger partial charge in [0.2, 0.25) is 0 Å². The van der Waals surface area contributed by atoms with Gasteiger partial charge in [-0.05, 0) is 13.0 Å². The van der Waals surface area contributed by atoms with Crippen molar-refractivity contribution in [2.45, 2.75) is 31.5 Å². The zero-order valence-corrected chi connectivity index (χ0v) is 10.3. The average molecular weight is 262 g/mol. The van der Waals surface area contributed by atoms with Crippen LogP contribution in [0.3, 0.4) is 0 Å². The number of rotatable bonds is 3. The summed E-state index contributed by atoms with van der Waals surface area (Å²) in [4.78, 5) is 22.4. The number of thioether (sulfide) groups is 1. The molecule has 0 aliphatic carbocycles. The van der Waals surface area contributed by atoms with Crippen molar-refractivity contribution in [3.05, 3.63) is 11.0 Å². The van der Waals surface area contributed by atoms with Crippen LogP contribution in [-0.2, 0) is 19.1 Å². The molecular weight excluding hydrogens is 248 g/mol. The van der Waals surface area contributed by atoms with Gasteiger partial charge >= 0.3 is 11.9 Å². The molecule has 6 nitrogen and oxygen atoms in total. The average Bonchev–Trinajstić information content (AvgIpc) is 2.24. The van der Waals surface area contributed by atoms with E-state index in [2.05, 4.69) is 0 Å². The van der Waals surface area contributed by atoms with Crippen molar-refractivity contribution >= 4 is 23.7 Å². The summed E-state index contributed by atoms with van der Waals surface area (Å²) < 4.78 is 9.55. The Kier molecular flexibility index (Phi) is 4.98. The van der Waals surface area contributed by atoms with E-state index < -0.39 is 29.6 Å². The topological polar surface area (TPSA) is 93.1 Å². The Bertz CT molecular complexity index is 340. The first kappa shape index (κ1) is 14.0. The summed E-state index contributed by atoms with van der Waals surface area (Å²) in [5, 5.41) is 19.1. The summed E-state index contributed by atoms with van der Waals surface area (Å²) in [5.41, 5.74) is -1.01. The molecule has 3 atom stereocenters. The van der Waals surface area contributed by atoms with Gasteiger partial charge in [-0.3, -0.25) is 4.79 Å². The molecule has 0 fully saturated rings. The van der Waals surface area contributed by atoms with Gasteiger partial charge < -0.3 is 19.7 Å². The van der Waals surface area contributed by atoms with Gasteiger partial charge in [-0.25, -0.2) is 4.79 Å². The SMILES string of the molecule is CCOC(=O)C1=C[C@@H](O)[C@@H](O)[C@H](OC(C)=O)S1.